The van der Waals surface area contributed by atoms with Gasteiger partial charge < -0.3 is 18.9 Å². The maximum absolute atomic E-state index is 12.0. The molecule has 0 fully saturated rings. The number of benzene rings is 2. The number of ether oxygens (including phenoxy) is 4. The molecule has 0 aliphatic heterocycles. The van der Waals surface area contributed by atoms with Gasteiger partial charge in [-0.05, 0) is 36.4 Å². The molecule has 0 saturated carbocycles. The van der Waals surface area contributed by atoms with Gasteiger partial charge in [-0.3, -0.25) is 0 Å². The first-order valence-electron chi connectivity index (χ1n) is 9.14. The van der Waals surface area contributed by atoms with E-state index in [1.54, 1.807) is 23.9 Å². The van der Waals surface area contributed by atoms with Crippen molar-refractivity contribution < 1.29 is 28.5 Å². The molecule has 0 spiro atoms. The summed E-state index contributed by atoms with van der Waals surface area (Å²) in [6.45, 7) is 4.92. The molecule has 0 bridgehead atoms. The number of hydrogen-bond donors (Lipinski definition) is 0. The number of esters is 2. The van der Waals surface area contributed by atoms with E-state index in [9.17, 15) is 9.59 Å². The minimum absolute atomic E-state index is 0.163. The zero-order valence-electron chi connectivity index (χ0n) is 16.1. The van der Waals surface area contributed by atoms with Gasteiger partial charge in [-0.1, -0.05) is 36.5 Å². The fourth-order valence-electron chi connectivity index (χ4n) is 2.14. The van der Waals surface area contributed by atoms with Crippen LogP contribution in [0.2, 0.25) is 0 Å². The highest BCUT2D eigenvalue weighted by atomic mass is 32.2. The molecule has 154 valence electrons. The maximum atomic E-state index is 12.0. The summed E-state index contributed by atoms with van der Waals surface area (Å²) in [4.78, 5) is 25.0. The third-order valence-corrected chi connectivity index (χ3v) is 4.56. The highest BCUT2D eigenvalue weighted by Gasteiger charge is 2.07. The third-order valence-electron chi connectivity index (χ3n) is 3.54. The van der Waals surface area contributed by atoms with Crippen LogP contribution in [0.3, 0.4) is 0 Å². The largest absolute Gasteiger partial charge is 0.460 e. The average Bonchev–Trinajstić information content (AvgIpc) is 2.76. The molecule has 0 unspecified atom stereocenters. The van der Waals surface area contributed by atoms with Crippen molar-refractivity contribution in [3.8, 4) is 0 Å². The molecule has 0 aliphatic carbocycles. The summed E-state index contributed by atoms with van der Waals surface area (Å²) in [7, 11) is 0. The number of carbonyl (C=O) groups is 2. The summed E-state index contributed by atoms with van der Waals surface area (Å²) in [6.07, 6.45) is 1.10. The molecule has 2 rings (SSSR count). The van der Waals surface area contributed by atoms with Crippen LogP contribution in [0.4, 0.5) is 0 Å². The second kappa shape index (κ2) is 13.5. The van der Waals surface area contributed by atoms with Gasteiger partial charge in [0.1, 0.15) is 13.2 Å². The van der Waals surface area contributed by atoms with Gasteiger partial charge in [0.25, 0.3) is 0 Å². The van der Waals surface area contributed by atoms with Crippen LogP contribution in [0.5, 0.6) is 0 Å². The molecular weight excluding hydrogens is 392 g/mol. The molecule has 0 atom stereocenters. The SMILES string of the molecule is C=CC(=O)OCCOCCOCCOC(=O)c1ccc(Sc2ccccc2)cc1. The van der Waals surface area contributed by atoms with E-state index in [2.05, 4.69) is 6.58 Å². The molecule has 0 amide bonds. The molecule has 0 N–H and O–H groups in total. The molecule has 0 radical (unpaired) electrons. The summed E-state index contributed by atoms with van der Waals surface area (Å²) in [5.74, 6) is -0.860. The van der Waals surface area contributed by atoms with Crippen molar-refractivity contribution in [1.82, 2.24) is 0 Å². The molecule has 0 aliphatic rings. The standard InChI is InChI=1S/C22H24O6S/c1-2-21(23)27-16-14-25-12-13-26-15-17-28-22(24)18-8-10-20(11-9-18)29-19-6-4-3-5-7-19/h2-11H,1,12-17H2. The van der Waals surface area contributed by atoms with E-state index in [1.165, 1.54) is 0 Å². The van der Waals surface area contributed by atoms with Crippen molar-refractivity contribution in [2.45, 2.75) is 9.79 Å². The Morgan fingerprint density at radius 1 is 0.759 bits per heavy atom. The zero-order chi connectivity index (χ0) is 20.7. The van der Waals surface area contributed by atoms with Crippen LogP contribution in [0.15, 0.2) is 77.0 Å². The Kier molecular flexibility index (Phi) is 10.6. The van der Waals surface area contributed by atoms with E-state index < -0.39 is 5.97 Å². The molecule has 2 aromatic rings. The Labute approximate surface area is 174 Å². The molecule has 29 heavy (non-hydrogen) atoms. The van der Waals surface area contributed by atoms with E-state index in [4.69, 9.17) is 18.9 Å². The van der Waals surface area contributed by atoms with E-state index >= 15 is 0 Å². The monoisotopic (exact) mass is 416 g/mol. The lowest BCUT2D eigenvalue weighted by Gasteiger charge is -2.08. The summed E-state index contributed by atoms with van der Waals surface area (Å²) in [5.41, 5.74) is 0.500. The first-order valence-corrected chi connectivity index (χ1v) is 9.95. The van der Waals surface area contributed by atoms with Crippen LogP contribution in [0, 0.1) is 0 Å². The zero-order valence-corrected chi connectivity index (χ0v) is 16.9. The lowest BCUT2D eigenvalue weighted by molar-refractivity contribution is -0.139. The average molecular weight is 416 g/mol. The van der Waals surface area contributed by atoms with Crippen molar-refractivity contribution in [1.29, 1.82) is 0 Å². The topological polar surface area (TPSA) is 71.1 Å². The predicted molar refractivity (Wildman–Crippen MR) is 110 cm³/mol. The summed E-state index contributed by atoms with van der Waals surface area (Å²) in [6, 6.07) is 17.3. The van der Waals surface area contributed by atoms with Gasteiger partial charge >= 0.3 is 11.9 Å². The fraction of sp³-hybridized carbons (Fsp3) is 0.273. The maximum Gasteiger partial charge on any atom is 0.338 e. The van der Waals surface area contributed by atoms with Gasteiger partial charge in [-0.2, -0.15) is 0 Å². The second-order valence-electron chi connectivity index (χ2n) is 5.67. The van der Waals surface area contributed by atoms with Crippen molar-refractivity contribution in [2.24, 2.45) is 0 Å². The summed E-state index contributed by atoms with van der Waals surface area (Å²) >= 11 is 1.63. The molecule has 6 nitrogen and oxygen atoms in total. The summed E-state index contributed by atoms with van der Waals surface area (Å²) < 4.78 is 20.5. The first kappa shape index (κ1) is 22.7. The number of carbonyl (C=O) groups excluding carboxylic acids is 2. The van der Waals surface area contributed by atoms with Gasteiger partial charge in [0.05, 0.1) is 32.0 Å². The molecule has 2 aromatic carbocycles. The Bertz CT molecular complexity index is 761. The first-order chi connectivity index (χ1) is 14.2. The van der Waals surface area contributed by atoms with E-state index in [0.717, 1.165) is 15.9 Å². The Morgan fingerprint density at radius 2 is 1.31 bits per heavy atom. The van der Waals surface area contributed by atoms with Gasteiger partial charge in [0.15, 0.2) is 0 Å². The van der Waals surface area contributed by atoms with Crippen LogP contribution in [0.25, 0.3) is 0 Å². The van der Waals surface area contributed by atoms with Crippen LogP contribution in [-0.4, -0.2) is 51.6 Å². The highest BCUT2D eigenvalue weighted by molar-refractivity contribution is 7.99. The Balaban J connectivity index is 1.54. The van der Waals surface area contributed by atoms with Crippen molar-refractivity contribution in [2.75, 3.05) is 39.6 Å². The van der Waals surface area contributed by atoms with Gasteiger partial charge in [0.2, 0.25) is 0 Å². The number of rotatable bonds is 13. The van der Waals surface area contributed by atoms with E-state index in [0.29, 0.717) is 18.8 Å². The second-order valence-corrected chi connectivity index (χ2v) is 6.82. The van der Waals surface area contributed by atoms with Gasteiger partial charge in [-0.15, -0.1) is 0 Å². The van der Waals surface area contributed by atoms with Crippen LogP contribution in [-0.2, 0) is 23.7 Å². The quantitative estimate of drug-likeness (QED) is 0.280. The molecular formula is C22H24O6S. The fourth-order valence-corrected chi connectivity index (χ4v) is 2.98. The third kappa shape index (κ3) is 9.43. The molecule has 0 aromatic heterocycles. The normalized spacial score (nSPS) is 10.3. The minimum atomic E-state index is -0.476. The minimum Gasteiger partial charge on any atom is -0.460 e. The Morgan fingerprint density at radius 3 is 1.93 bits per heavy atom. The smallest absolute Gasteiger partial charge is 0.338 e. The lowest BCUT2D eigenvalue weighted by atomic mass is 10.2. The van der Waals surface area contributed by atoms with Crippen LogP contribution < -0.4 is 0 Å². The van der Waals surface area contributed by atoms with Crippen LogP contribution in [0.1, 0.15) is 10.4 Å². The highest BCUT2D eigenvalue weighted by Crippen LogP contribution is 2.27. The molecule has 0 saturated heterocycles. The van der Waals surface area contributed by atoms with Crippen LogP contribution >= 0.6 is 11.8 Å². The molecule has 7 heteroatoms. The predicted octanol–water partition coefficient (Wildman–Crippen LogP) is 3.76. The van der Waals surface area contributed by atoms with Gasteiger partial charge in [0, 0.05) is 15.9 Å². The Hall–Kier alpha value is -2.61. The number of hydrogen-bond acceptors (Lipinski definition) is 7. The molecule has 0 heterocycles. The van der Waals surface area contributed by atoms with E-state index in [-0.39, 0.29) is 32.4 Å². The van der Waals surface area contributed by atoms with Gasteiger partial charge in [-0.25, -0.2) is 9.59 Å². The van der Waals surface area contributed by atoms with Crippen molar-refractivity contribution >= 4 is 23.7 Å². The van der Waals surface area contributed by atoms with E-state index in [1.807, 2.05) is 42.5 Å². The van der Waals surface area contributed by atoms with Crippen molar-refractivity contribution in [3.63, 3.8) is 0 Å². The summed E-state index contributed by atoms with van der Waals surface area (Å²) in [5, 5.41) is 0. The van der Waals surface area contributed by atoms with Crippen molar-refractivity contribution in [3.05, 3.63) is 72.8 Å². The lowest BCUT2D eigenvalue weighted by Crippen LogP contribution is -2.14.